The number of nitrogens with zero attached hydrogens (tertiary/aromatic N) is 2. The fourth-order valence-electron chi connectivity index (χ4n) is 0.775. The van der Waals surface area contributed by atoms with E-state index in [9.17, 15) is 4.79 Å². The number of amides is 1. The highest BCUT2D eigenvalue weighted by atomic mass is 35.5. The van der Waals surface area contributed by atoms with E-state index < -0.39 is 0 Å². The van der Waals surface area contributed by atoms with E-state index in [1.165, 1.54) is 17.8 Å². The molecule has 1 amide bonds. The number of nitrogen functional groups attached to an aromatic ring is 1. The van der Waals surface area contributed by atoms with Crippen molar-refractivity contribution < 1.29 is 4.79 Å². The van der Waals surface area contributed by atoms with Crippen LogP contribution in [-0.2, 0) is 4.79 Å². The van der Waals surface area contributed by atoms with Gasteiger partial charge in [-0.3, -0.25) is 4.79 Å². The maximum absolute atomic E-state index is 10.9. The van der Waals surface area contributed by atoms with Gasteiger partial charge in [0.25, 0.3) is 0 Å². The average Bonchev–Trinajstić information content (AvgIpc) is 2.16. The third kappa shape index (κ3) is 3.04. The molecule has 0 aliphatic rings. The molecule has 0 aromatic carbocycles. The van der Waals surface area contributed by atoms with Crippen LogP contribution in [0.5, 0.6) is 0 Å². The van der Waals surface area contributed by atoms with Crippen LogP contribution in [0.1, 0.15) is 0 Å². The van der Waals surface area contributed by atoms with Gasteiger partial charge in [0.05, 0.1) is 0 Å². The van der Waals surface area contributed by atoms with Crippen molar-refractivity contribution in [2.24, 2.45) is 0 Å². The minimum absolute atomic E-state index is 0.113. The molecule has 76 valence electrons. The fraction of sp³-hybridized carbons (Fsp3) is 0.286. The number of carbonyl (C=O) groups is 1. The Morgan fingerprint density at radius 1 is 1.71 bits per heavy atom. The number of nitrogens with one attached hydrogen (secondary N) is 1. The third-order valence-corrected chi connectivity index (χ3v) is 2.09. The molecule has 0 saturated carbocycles. The molecule has 0 bridgehead atoms. The SMILES string of the molecule is CSc1nc(N)cc(NC(=O)CCl)n1. The maximum atomic E-state index is 10.9. The molecular weight excluding hydrogens is 224 g/mol. The summed E-state index contributed by atoms with van der Waals surface area (Å²) in [6.45, 7) is 0. The second-order valence-electron chi connectivity index (χ2n) is 2.35. The van der Waals surface area contributed by atoms with Gasteiger partial charge in [0.15, 0.2) is 5.16 Å². The molecule has 5 nitrogen and oxygen atoms in total. The van der Waals surface area contributed by atoms with Gasteiger partial charge in [-0.15, -0.1) is 11.6 Å². The molecular formula is C7H9ClN4OS. The summed E-state index contributed by atoms with van der Waals surface area (Å²) < 4.78 is 0. The van der Waals surface area contributed by atoms with Crippen molar-refractivity contribution in [2.75, 3.05) is 23.2 Å². The zero-order chi connectivity index (χ0) is 10.6. The van der Waals surface area contributed by atoms with Crippen LogP contribution in [-0.4, -0.2) is 28.0 Å². The van der Waals surface area contributed by atoms with Crippen LogP contribution in [0.4, 0.5) is 11.6 Å². The van der Waals surface area contributed by atoms with Gasteiger partial charge in [-0.1, -0.05) is 11.8 Å². The maximum Gasteiger partial charge on any atom is 0.240 e. The van der Waals surface area contributed by atoms with E-state index in [2.05, 4.69) is 15.3 Å². The van der Waals surface area contributed by atoms with Crippen molar-refractivity contribution in [3.63, 3.8) is 0 Å². The molecule has 0 radical (unpaired) electrons. The number of hydrogen-bond acceptors (Lipinski definition) is 5. The predicted molar refractivity (Wildman–Crippen MR) is 57.6 cm³/mol. The Labute approximate surface area is 90.4 Å². The monoisotopic (exact) mass is 232 g/mol. The van der Waals surface area contributed by atoms with Crippen LogP contribution >= 0.6 is 23.4 Å². The molecule has 0 aliphatic carbocycles. The molecule has 0 atom stereocenters. The first-order chi connectivity index (χ1) is 6.65. The van der Waals surface area contributed by atoms with Crippen LogP contribution in [0, 0.1) is 0 Å². The lowest BCUT2D eigenvalue weighted by Crippen LogP contribution is -2.14. The topological polar surface area (TPSA) is 80.9 Å². The molecule has 1 aromatic rings. The summed E-state index contributed by atoms with van der Waals surface area (Å²) in [7, 11) is 0. The average molecular weight is 233 g/mol. The molecule has 0 saturated heterocycles. The minimum Gasteiger partial charge on any atom is -0.383 e. The van der Waals surface area contributed by atoms with Crippen LogP contribution in [0.25, 0.3) is 0 Å². The second-order valence-corrected chi connectivity index (χ2v) is 3.39. The Bertz CT molecular complexity index is 346. The largest absolute Gasteiger partial charge is 0.383 e. The Balaban J connectivity index is 2.86. The molecule has 1 heterocycles. The molecule has 0 unspecified atom stereocenters. The van der Waals surface area contributed by atoms with Gasteiger partial charge < -0.3 is 11.1 Å². The highest BCUT2D eigenvalue weighted by molar-refractivity contribution is 7.98. The molecule has 0 spiro atoms. The summed E-state index contributed by atoms with van der Waals surface area (Å²) in [5, 5.41) is 3.00. The minimum atomic E-state index is -0.322. The van der Waals surface area contributed by atoms with E-state index in [0.29, 0.717) is 16.8 Å². The summed E-state index contributed by atoms with van der Waals surface area (Å²) in [6, 6.07) is 1.48. The van der Waals surface area contributed by atoms with Crippen molar-refractivity contribution in [1.29, 1.82) is 0 Å². The number of aromatic nitrogens is 2. The van der Waals surface area contributed by atoms with Gasteiger partial charge in [0, 0.05) is 6.07 Å². The number of halogens is 1. The Morgan fingerprint density at radius 2 is 2.43 bits per heavy atom. The molecule has 14 heavy (non-hydrogen) atoms. The fourth-order valence-corrected chi connectivity index (χ4v) is 1.23. The number of rotatable bonds is 3. The predicted octanol–water partition coefficient (Wildman–Crippen LogP) is 0.958. The first kappa shape index (κ1) is 11.1. The summed E-state index contributed by atoms with van der Waals surface area (Å²) in [4.78, 5) is 18.9. The number of anilines is 2. The highest BCUT2D eigenvalue weighted by Gasteiger charge is 2.04. The van der Waals surface area contributed by atoms with Gasteiger partial charge >= 0.3 is 0 Å². The molecule has 0 aliphatic heterocycles. The van der Waals surface area contributed by atoms with Crippen molar-refractivity contribution in [3.05, 3.63) is 6.07 Å². The van der Waals surface area contributed by atoms with Gasteiger partial charge in [-0.05, 0) is 6.26 Å². The molecule has 7 heteroatoms. The molecule has 3 N–H and O–H groups in total. The number of alkyl halides is 1. The van der Waals surface area contributed by atoms with Crippen LogP contribution in [0.15, 0.2) is 11.2 Å². The van der Waals surface area contributed by atoms with Gasteiger partial charge in [-0.2, -0.15) is 0 Å². The zero-order valence-electron chi connectivity index (χ0n) is 7.45. The molecule has 1 aromatic heterocycles. The van der Waals surface area contributed by atoms with E-state index in [4.69, 9.17) is 17.3 Å². The highest BCUT2D eigenvalue weighted by Crippen LogP contribution is 2.14. The lowest BCUT2D eigenvalue weighted by Gasteiger charge is -2.04. The smallest absolute Gasteiger partial charge is 0.240 e. The van der Waals surface area contributed by atoms with Crippen molar-refractivity contribution >= 4 is 40.9 Å². The van der Waals surface area contributed by atoms with Gasteiger partial charge in [0.1, 0.15) is 17.5 Å². The normalized spacial score (nSPS) is 9.86. The quantitative estimate of drug-likeness (QED) is 0.461. The lowest BCUT2D eigenvalue weighted by atomic mass is 10.5. The van der Waals surface area contributed by atoms with Crippen molar-refractivity contribution in [1.82, 2.24) is 9.97 Å². The second kappa shape index (κ2) is 5.02. The van der Waals surface area contributed by atoms with Gasteiger partial charge in [0.2, 0.25) is 5.91 Å². The number of nitrogens with two attached hydrogens (primary N) is 1. The van der Waals surface area contributed by atoms with Crippen LogP contribution < -0.4 is 11.1 Å². The Hall–Kier alpha value is -1.01. The van der Waals surface area contributed by atoms with E-state index in [0.717, 1.165) is 0 Å². The summed E-state index contributed by atoms with van der Waals surface area (Å²) in [6.07, 6.45) is 1.82. The van der Waals surface area contributed by atoms with Crippen LogP contribution in [0.2, 0.25) is 0 Å². The lowest BCUT2D eigenvalue weighted by molar-refractivity contribution is -0.113. The first-order valence-electron chi connectivity index (χ1n) is 3.70. The summed E-state index contributed by atoms with van der Waals surface area (Å²) in [5.41, 5.74) is 5.50. The van der Waals surface area contributed by atoms with Crippen molar-refractivity contribution in [3.8, 4) is 0 Å². The number of thioether (sulfide) groups is 1. The molecule has 1 rings (SSSR count). The van der Waals surface area contributed by atoms with E-state index >= 15 is 0 Å². The Morgan fingerprint density at radius 3 is 3.00 bits per heavy atom. The zero-order valence-corrected chi connectivity index (χ0v) is 9.02. The van der Waals surface area contributed by atoms with E-state index in [1.54, 1.807) is 0 Å². The summed E-state index contributed by atoms with van der Waals surface area (Å²) in [5.74, 6) is 0.247. The number of carbonyl (C=O) groups excluding carboxylic acids is 1. The third-order valence-electron chi connectivity index (χ3n) is 1.30. The molecule has 0 fully saturated rings. The Kier molecular flexibility index (Phi) is 3.97. The standard InChI is InChI=1S/C7H9ClN4OS/c1-14-7-10-4(9)2-5(12-7)11-6(13)3-8/h2H,3H2,1H3,(H3,9,10,11,12,13). The van der Waals surface area contributed by atoms with Crippen LogP contribution in [0.3, 0.4) is 0 Å². The first-order valence-corrected chi connectivity index (χ1v) is 5.46. The van der Waals surface area contributed by atoms with Crippen molar-refractivity contribution in [2.45, 2.75) is 5.16 Å². The number of hydrogen-bond donors (Lipinski definition) is 2. The van der Waals surface area contributed by atoms with E-state index in [-0.39, 0.29) is 11.8 Å². The van der Waals surface area contributed by atoms with E-state index in [1.807, 2.05) is 6.26 Å². The summed E-state index contributed by atoms with van der Waals surface area (Å²) >= 11 is 6.67. The van der Waals surface area contributed by atoms with Gasteiger partial charge in [-0.25, -0.2) is 9.97 Å².